The number of aromatic nitrogens is 1. The third-order valence-electron chi connectivity index (χ3n) is 4.07. The minimum absolute atomic E-state index is 0.172. The molecule has 0 saturated heterocycles. The smallest absolute Gasteiger partial charge is 0.295 e. The van der Waals surface area contributed by atoms with Crippen LogP contribution in [-0.2, 0) is 0 Å². The van der Waals surface area contributed by atoms with E-state index in [0.717, 1.165) is 30.0 Å². The normalized spacial score (nSPS) is 11.0. The van der Waals surface area contributed by atoms with Crippen LogP contribution < -0.4 is 9.64 Å². The zero-order valence-electron chi connectivity index (χ0n) is 15.7. The number of furan rings is 1. The quantitative estimate of drug-likeness (QED) is 0.586. The molecular weight excluding hydrogens is 362 g/mol. The highest BCUT2D eigenvalue weighted by Crippen LogP contribution is 2.29. The first-order valence-corrected chi connectivity index (χ1v) is 9.56. The van der Waals surface area contributed by atoms with E-state index in [4.69, 9.17) is 14.1 Å². The second-order valence-electron chi connectivity index (χ2n) is 6.33. The maximum Gasteiger partial charge on any atom is 0.295 e. The van der Waals surface area contributed by atoms with Crippen LogP contribution in [0.1, 0.15) is 17.0 Å². The van der Waals surface area contributed by atoms with Crippen LogP contribution in [0.15, 0.2) is 52.5 Å². The molecule has 1 aromatic carbocycles. The average molecular weight is 385 g/mol. The van der Waals surface area contributed by atoms with Crippen molar-refractivity contribution >= 4 is 22.4 Å². The Morgan fingerprint density at radius 1 is 1.19 bits per heavy atom. The molecule has 27 heavy (non-hydrogen) atoms. The first-order chi connectivity index (χ1) is 13.1. The molecule has 0 spiro atoms. The molecule has 0 bridgehead atoms. The fourth-order valence-electron chi connectivity index (χ4n) is 2.64. The Labute approximate surface area is 163 Å². The van der Waals surface area contributed by atoms with Gasteiger partial charge in [-0.25, -0.2) is 4.98 Å². The van der Waals surface area contributed by atoms with Gasteiger partial charge in [-0.3, -0.25) is 9.69 Å². The number of rotatable bonds is 8. The van der Waals surface area contributed by atoms with Gasteiger partial charge in [0.15, 0.2) is 10.9 Å². The van der Waals surface area contributed by atoms with Crippen molar-refractivity contribution in [2.45, 2.75) is 6.42 Å². The number of hydrogen-bond donors (Lipinski definition) is 0. The molecule has 0 radical (unpaired) electrons. The Balaban J connectivity index is 1.83. The van der Waals surface area contributed by atoms with E-state index in [1.807, 2.05) is 43.7 Å². The summed E-state index contributed by atoms with van der Waals surface area (Å²) >= 11 is 1.45. The molecule has 3 aromatic rings. The van der Waals surface area contributed by atoms with Gasteiger partial charge in [-0.2, -0.15) is 0 Å². The summed E-state index contributed by atoms with van der Waals surface area (Å²) in [5.41, 5.74) is 1.82. The zero-order chi connectivity index (χ0) is 19.2. The Bertz CT molecular complexity index is 857. The van der Waals surface area contributed by atoms with Crippen molar-refractivity contribution in [2.75, 3.05) is 39.2 Å². The summed E-state index contributed by atoms with van der Waals surface area (Å²) in [4.78, 5) is 21.4. The second-order valence-corrected chi connectivity index (χ2v) is 7.17. The van der Waals surface area contributed by atoms with Gasteiger partial charge >= 0.3 is 0 Å². The molecule has 2 heterocycles. The molecule has 0 saturated carbocycles. The maximum absolute atomic E-state index is 12.9. The lowest BCUT2D eigenvalue weighted by Crippen LogP contribution is -2.33. The lowest BCUT2D eigenvalue weighted by atomic mass is 10.2. The summed E-state index contributed by atoms with van der Waals surface area (Å²) in [5.74, 6) is 0.947. The van der Waals surface area contributed by atoms with Crippen LogP contribution >= 0.6 is 11.3 Å². The molecule has 7 heteroatoms. The number of thiazole rings is 1. The fraction of sp³-hybridized carbons (Fsp3) is 0.300. The Morgan fingerprint density at radius 3 is 2.59 bits per heavy atom. The standard InChI is InChI=1S/C20H23N3O3S/c1-22(2)11-5-12-23(19(24)18-6-4-13-26-18)20-21-17(14-27-20)15-7-9-16(25-3)10-8-15/h4,6-10,13-14H,5,11-12H2,1-3H3. The highest BCUT2D eigenvalue weighted by Gasteiger charge is 2.23. The predicted octanol–water partition coefficient (Wildman–Crippen LogP) is 4.01. The number of carbonyl (C=O) groups excluding carboxylic acids is 1. The third kappa shape index (κ3) is 4.75. The minimum atomic E-state index is -0.172. The molecule has 0 fully saturated rings. The van der Waals surface area contributed by atoms with Crippen molar-refractivity contribution in [1.82, 2.24) is 9.88 Å². The summed E-state index contributed by atoms with van der Waals surface area (Å²) in [6, 6.07) is 11.1. The largest absolute Gasteiger partial charge is 0.497 e. The lowest BCUT2D eigenvalue weighted by molar-refractivity contribution is 0.0959. The Hall–Kier alpha value is -2.64. The monoisotopic (exact) mass is 385 g/mol. The highest BCUT2D eigenvalue weighted by molar-refractivity contribution is 7.14. The maximum atomic E-state index is 12.9. The molecule has 1 amide bonds. The van der Waals surface area contributed by atoms with Crippen LogP contribution in [0.25, 0.3) is 11.3 Å². The van der Waals surface area contributed by atoms with Gasteiger partial charge < -0.3 is 14.1 Å². The van der Waals surface area contributed by atoms with E-state index in [0.29, 0.717) is 17.4 Å². The van der Waals surface area contributed by atoms with E-state index < -0.39 is 0 Å². The van der Waals surface area contributed by atoms with Crippen molar-refractivity contribution in [3.05, 3.63) is 53.8 Å². The minimum Gasteiger partial charge on any atom is -0.497 e. The average Bonchev–Trinajstić information content (AvgIpc) is 3.36. The zero-order valence-corrected chi connectivity index (χ0v) is 16.5. The number of anilines is 1. The summed E-state index contributed by atoms with van der Waals surface area (Å²) < 4.78 is 10.5. The van der Waals surface area contributed by atoms with Gasteiger partial charge in [-0.15, -0.1) is 11.3 Å². The van der Waals surface area contributed by atoms with E-state index in [2.05, 4.69) is 4.90 Å². The van der Waals surface area contributed by atoms with Crippen LogP contribution in [-0.4, -0.2) is 50.1 Å². The lowest BCUT2D eigenvalue weighted by Gasteiger charge is -2.20. The summed E-state index contributed by atoms with van der Waals surface area (Å²) in [6.07, 6.45) is 2.35. The van der Waals surface area contributed by atoms with Gasteiger partial charge in [0.05, 0.1) is 19.1 Å². The van der Waals surface area contributed by atoms with Crippen LogP contribution in [0.3, 0.4) is 0 Å². The molecule has 3 rings (SSSR count). The molecule has 2 aromatic heterocycles. The van der Waals surface area contributed by atoms with Crippen LogP contribution in [0.4, 0.5) is 5.13 Å². The number of methoxy groups -OCH3 is 1. The van der Waals surface area contributed by atoms with Gasteiger partial charge in [0.1, 0.15) is 5.75 Å². The van der Waals surface area contributed by atoms with Gasteiger partial charge in [0, 0.05) is 17.5 Å². The van der Waals surface area contributed by atoms with Crippen molar-refractivity contribution < 1.29 is 13.9 Å². The number of benzene rings is 1. The van der Waals surface area contributed by atoms with E-state index in [9.17, 15) is 4.79 Å². The van der Waals surface area contributed by atoms with Crippen molar-refractivity contribution in [1.29, 1.82) is 0 Å². The highest BCUT2D eigenvalue weighted by atomic mass is 32.1. The second kappa shape index (κ2) is 8.83. The first kappa shape index (κ1) is 19.1. The van der Waals surface area contributed by atoms with Crippen LogP contribution in [0.2, 0.25) is 0 Å². The predicted molar refractivity (Wildman–Crippen MR) is 108 cm³/mol. The van der Waals surface area contributed by atoms with Crippen LogP contribution in [0, 0.1) is 0 Å². The van der Waals surface area contributed by atoms with Crippen molar-refractivity contribution in [2.24, 2.45) is 0 Å². The molecule has 0 aliphatic rings. The van der Waals surface area contributed by atoms with Crippen molar-refractivity contribution in [3.63, 3.8) is 0 Å². The third-order valence-corrected chi connectivity index (χ3v) is 4.94. The molecule has 0 unspecified atom stereocenters. The number of amides is 1. The summed E-state index contributed by atoms with van der Waals surface area (Å²) in [6.45, 7) is 1.46. The number of hydrogen-bond acceptors (Lipinski definition) is 6. The van der Waals surface area contributed by atoms with Crippen LogP contribution in [0.5, 0.6) is 5.75 Å². The summed E-state index contributed by atoms with van der Waals surface area (Å²) in [5, 5.41) is 2.63. The van der Waals surface area contributed by atoms with E-state index >= 15 is 0 Å². The van der Waals surface area contributed by atoms with E-state index in [1.54, 1.807) is 24.1 Å². The molecular formula is C20H23N3O3S. The fourth-order valence-corrected chi connectivity index (χ4v) is 3.50. The molecule has 142 valence electrons. The number of ether oxygens (including phenoxy) is 1. The van der Waals surface area contributed by atoms with E-state index in [-0.39, 0.29) is 5.91 Å². The van der Waals surface area contributed by atoms with Gasteiger partial charge in [0.25, 0.3) is 5.91 Å². The molecule has 0 atom stereocenters. The molecule has 6 nitrogen and oxygen atoms in total. The number of carbonyl (C=O) groups is 1. The van der Waals surface area contributed by atoms with Gasteiger partial charge in [-0.05, 0) is 63.5 Å². The van der Waals surface area contributed by atoms with E-state index in [1.165, 1.54) is 17.6 Å². The van der Waals surface area contributed by atoms with Gasteiger partial charge in [0.2, 0.25) is 0 Å². The Morgan fingerprint density at radius 2 is 1.96 bits per heavy atom. The molecule has 0 aliphatic heterocycles. The SMILES string of the molecule is COc1ccc(-c2csc(N(CCCN(C)C)C(=O)c3ccco3)n2)cc1. The number of nitrogens with zero attached hydrogens (tertiary/aromatic N) is 3. The molecule has 0 aliphatic carbocycles. The topological polar surface area (TPSA) is 58.8 Å². The summed E-state index contributed by atoms with van der Waals surface area (Å²) in [7, 11) is 5.68. The Kier molecular flexibility index (Phi) is 6.26. The molecule has 0 N–H and O–H groups in total. The first-order valence-electron chi connectivity index (χ1n) is 8.68. The van der Waals surface area contributed by atoms with Gasteiger partial charge in [-0.1, -0.05) is 0 Å². The van der Waals surface area contributed by atoms with Crippen molar-refractivity contribution in [3.8, 4) is 17.0 Å².